The van der Waals surface area contributed by atoms with E-state index in [1.807, 2.05) is 19.4 Å². The van der Waals surface area contributed by atoms with Crippen molar-refractivity contribution in [1.82, 2.24) is 18.5 Å². The van der Waals surface area contributed by atoms with Crippen LogP contribution in [0.15, 0.2) is 5.38 Å². The summed E-state index contributed by atoms with van der Waals surface area (Å²) in [4.78, 5) is 6.44. The van der Waals surface area contributed by atoms with E-state index in [1.165, 1.54) is 15.6 Å². The second-order valence-corrected chi connectivity index (χ2v) is 7.83. The third-order valence-corrected chi connectivity index (χ3v) is 6.09. The van der Waals surface area contributed by atoms with Crippen molar-refractivity contribution in [2.75, 3.05) is 40.3 Å². The summed E-state index contributed by atoms with van der Waals surface area (Å²) in [5.74, 6) is 0. The van der Waals surface area contributed by atoms with Crippen LogP contribution in [0.2, 0.25) is 0 Å². The van der Waals surface area contributed by atoms with Gasteiger partial charge in [-0.3, -0.25) is 0 Å². The average molecular weight is 304 g/mol. The number of piperazine rings is 1. The van der Waals surface area contributed by atoms with Gasteiger partial charge in [-0.1, -0.05) is 0 Å². The number of rotatable bonds is 4. The van der Waals surface area contributed by atoms with Gasteiger partial charge in [-0.2, -0.15) is 17.0 Å². The van der Waals surface area contributed by atoms with Crippen molar-refractivity contribution in [3.05, 3.63) is 16.1 Å². The fraction of sp³-hybridized carbons (Fsp3) is 0.727. The monoisotopic (exact) mass is 304 g/mol. The van der Waals surface area contributed by atoms with E-state index in [4.69, 9.17) is 0 Å². The molecule has 108 valence electrons. The van der Waals surface area contributed by atoms with Gasteiger partial charge < -0.3 is 4.90 Å². The quantitative estimate of drug-likeness (QED) is 0.807. The molecular formula is C11H20N4O2S2. The minimum atomic E-state index is -3.37. The molecule has 0 unspecified atom stereocenters. The molecule has 0 aliphatic carbocycles. The number of aryl methyl sites for hydroxylation is 1. The van der Waals surface area contributed by atoms with Crippen LogP contribution in [0.3, 0.4) is 0 Å². The molecule has 1 aromatic heterocycles. The van der Waals surface area contributed by atoms with Gasteiger partial charge in [-0.15, -0.1) is 11.3 Å². The van der Waals surface area contributed by atoms with Gasteiger partial charge >= 0.3 is 0 Å². The molecule has 1 saturated heterocycles. The Kier molecular flexibility index (Phi) is 4.57. The molecule has 1 fully saturated rings. The van der Waals surface area contributed by atoms with Crippen LogP contribution in [0.1, 0.15) is 10.7 Å². The SMILES string of the molecule is Cc1csc(CN(C)S(=O)(=O)N2CCN(C)CC2)n1. The summed E-state index contributed by atoms with van der Waals surface area (Å²) in [6.45, 7) is 4.93. The van der Waals surface area contributed by atoms with Crippen LogP contribution in [0, 0.1) is 6.92 Å². The van der Waals surface area contributed by atoms with Gasteiger partial charge in [0.1, 0.15) is 5.01 Å². The highest BCUT2D eigenvalue weighted by Crippen LogP contribution is 2.16. The van der Waals surface area contributed by atoms with E-state index in [0.717, 1.165) is 23.8 Å². The molecule has 0 aromatic carbocycles. The average Bonchev–Trinajstić information content (AvgIpc) is 2.75. The van der Waals surface area contributed by atoms with Gasteiger partial charge in [-0.05, 0) is 14.0 Å². The highest BCUT2D eigenvalue weighted by Gasteiger charge is 2.29. The van der Waals surface area contributed by atoms with Crippen LogP contribution in [0.25, 0.3) is 0 Å². The second kappa shape index (κ2) is 5.84. The standard InChI is InChI=1S/C11H20N4O2S2/c1-10-9-18-11(12-10)8-14(3)19(16,17)15-6-4-13(2)5-7-15/h9H,4-8H2,1-3H3. The Morgan fingerprint density at radius 2 is 2.00 bits per heavy atom. The lowest BCUT2D eigenvalue weighted by atomic mass is 10.4. The molecule has 0 radical (unpaired) electrons. The number of nitrogens with zero attached hydrogens (tertiary/aromatic N) is 4. The first-order valence-corrected chi connectivity index (χ1v) is 8.48. The normalized spacial score (nSPS) is 19.2. The summed E-state index contributed by atoms with van der Waals surface area (Å²) in [6.07, 6.45) is 0. The van der Waals surface area contributed by atoms with Crippen LogP contribution >= 0.6 is 11.3 Å². The maximum Gasteiger partial charge on any atom is 0.282 e. The van der Waals surface area contributed by atoms with Gasteiger partial charge in [0, 0.05) is 44.3 Å². The summed E-state index contributed by atoms with van der Waals surface area (Å²) in [6, 6.07) is 0. The molecule has 1 aliphatic rings. The molecule has 8 heteroatoms. The first-order chi connectivity index (χ1) is 8.89. The third-order valence-electron chi connectivity index (χ3n) is 3.21. The highest BCUT2D eigenvalue weighted by molar-refractivity contribution is 7.86. The molecule has 0 amide bonds. The van der Waals surface area contributed by atoms with Crippen molar-refractivity contribution in [3.8, 4) is 0 Å². The molecule has 1 aromatic rings. The van der Waals surface area contributed by atoms with Crippen molar-refractivity contribution in [1.29, 1.82) is 0 Å². The molecule has 0 N–H and O–H groups in total. The lowest BCUT2D eigenvalue weighted by Gasteiger charge is -2.33. The maximum atomic E-state index is 12.4. The molecule has 0 saturated carbocycles. The van der Waals surface area contributed by atoms with E-state index in [2.05, 4.69) is 9.88 Å². The predicted octanol–water partition coefficient (Wildman–Crippen LogP) is 0.376. The molecule has 2 heterocycles. The van der Waals surface area contributed by atoms with Crippen LogP contribution in [-0.2, 0) is 16.8 Å². The predicted molar refractivity (Wildman–Crippen MR) is 76.3 cm³/mol. The third kappa shape index (κ3) is 3.51. The highest BCUT2D eigenvalue weighted by atomic mass is 32.2. The zero-order chi connectivity index (χ0) is 14.0. The number of hydrogen-bond donors (Lipinski definition) is 0. The summed E-state index contributed by atoms with van der Waals surface area (Å²) in [5, 5.41) is 2.77. The minimum Gasteiger partial charge on any atom is -0.304 e. The van der Waals surface area contributed by atoms with Crippen molar-refractivity contribution in [3.63, 3.8) is 0 Å². The van der Waals surface area contributed by atoms with E-state index < -0.39 is 10.2 Å². The van der Waals surface area contributed by atoms with Gasteiger partial charge in [0.05, 0.1) is 6.54 Å². The number of likely N-dealkylation sites (N-methyl/N-ethyl adjacent to an activating group) is 1. The maximum absolute atomic E-state index is 12.4. The first kappa shape index (κ1) is 14.9. The Morgan fingerprint density at radius 1 is 1.37 bits per heavy atom. The van der Waals surface area contributed by atoms with E-state index >= 15 is 0 Å². The van der Waals surface area contributed by atoms with Crippen molar-refractivity contribution < 1.29 is 8.42 Å². The topological polar surface area (TPSA) is 56.8 Å². The largest absolute Gasteiger partial charge is 0.304 e. The van der Waals surface area contributed by atoms with Crippen molar-refractivity contribution in [2.45, 2.75) is 13.5 Å². The molecule has 19 heavy (non-hydrogen) atoms. The molecule has 0 atom stereocenters. The van der Waals surface area contributed by atoms with Crippen LogP contribution in [-0.4, -0.2) is 67.2 Å². The lowest BCUT2D eigenvalue weighted by Crippen LogP contribution is -2.51. The summed E-state index contributed by atoms with van der Waals surface area (Å²) in [7, 11) is 0.254. The summed E-state index contributed by atoms with van der Waals surface area (Å²) in [5.41, 5.74) is 0.936. The lowest BCUT2D eigenvalue weighted by molar-refractivity contribution is 0.213. The number of aromatic nitrogens is 1. The molecule has 2 rings (SSSR count). The Hall–Kier alpha value is -0.540. The van der Waals surface area contributed by atoms with Gasteiger partial charge in [0.15, 0.2) is 0 Å². The zero-order valence-corrected chi connectivity index (χ0v) is 13.2. The summed E-state index contributed by atoms with van der Waals surface area (Å²) >= 11 is 1.50. The molecule has 6 nitrogen and oxygen atoms in total. The van der Waals surface area contributed by atoms with E-state index in [9.17, 15) is 8.42 Å². The van der Waals surface area contributed by atoms with Crippen LogP contribution in [0.4, 0.5) is 0 Å². The molecule has 0 spiro atoms. The smallest absolute Gasteiger partial charge is 0.282 e. The Morgan fingerprint density at radius 3 is 2.53 bits per heavy atom. The van der Waals surface area contributed by atoms with Crippen LogP contribution < -0.4 is 0 Å². The van der Waals surface area contributed by atoms with Gasteiger partial charge in [0.2, 0.25) is 0 Å². The van der Waals surface area contributed by atoms with Crippen molar-refractivity contribution >= 4 is 21.5 Å². The fourth-order valence-electron chi connectivity index (χ4n) is 1.96. The van der Waals surface area contributed by atoms with E-state index in [0.29, 0.717) is 19.6 Å². The van der Waals surface area contributed by atoms with E-state index in [-0.39, 0.29) is 0 Å². The Bertz CT molecular complexity index is 521. The summed E-state index contributed by atoms with van der Waals surface area (Å²) < 4.78 is 27.8. The number of hydrogen-bond acceptors (Lipinski definition) is 5. The molecular weight excluding hydrogens is 284 g/mol. The van der Waals surface area contributed by atoms with Gasteiger partial charge in [-0.25, -0.2) is 4.98 Å². The minimum absolute atomic E-state index is 0.340. The van der Waals surface area contributed by atoms with E-state index in [1.54, 1.807) is 11.4 Å². The van der Waals surface area contributed by atoms with Crippen LogP contribution in [0.5, 0.6) is 0 Å². The van der Waals surface area contributed by atoms with Gasteiger partial charge in [0.25, 0.3) is 10.2 Å². The second-order valence-electron chi connectivity index (χ2n) is 4.85. The molecule has 1 aliphatic heterocycles. The Balaban J connectivity index is 2.02. The van der Waals surface area contributed by atoms with Crippen molar-refractivity contribution in [2.24, 2.45) is 0 Å². The first-order valence-electron chi connectivity index (χ1n) is 6.20. The molecule has 0 bridgehead atoms. The zero-order valence-electron chi connectivity index (χ0n) is 11.5. The number of thiazole rings is 1. The fourth-order valence-corrected chi connectivity index (χ4v) is 4.17. The Labute approximate surface area is 118 Å².